The molecule has 3 heterocycles. The maximum Gasteiger partial charge on any atom is 0.227 e. The van der Waals surface area contributed by atoms with Crippen LogP contribution in [0.4, 0.5) is 11.4 Å². The zero-order chi connectivity index (χ0) is 35.2. The molecule has 2 aromatic heterocycles. The van der Waals surface area contributed by atoms with Crippen molar-refractivity contribution in [2.75, 3.05) is 5.32 Å². The van der Waals surface area contributed by atoms with E-state index in [0.717, 1.165) is 44.8 Å². The molecule has 1 N–H and O–H groups in total. The Balaban J connectivity index is 1.28. The van der Waals surface area contributed by atoms with E-state index in [1.807, 2.05) is 30.3 Å². The first-order valence-electron chi connectivity index (χ1n) is 17.9. The van der Waals surface area contributed by atoms with Gasteiger partial charge < -0.3 is 14.3 Å². The summed E-state index contributed by atoms with van der Waals surface area (Å²) in [4.78, 5) is 4.96. The first kappa shape index (κ1) is 31.4. The van der Waals surface area contributed by atoms with Crippen LogP contribution in [0.1, 0.15) is 58.2 Å². The van der Waals surface area contributed by atoms with Gasteiger partial charge in [0, 0.05) is 50.5 Å². The van der Waals surface area contributed by atoms with E-state index in [1.54, 1.807) is 0 Å². The van der Waals surface area contributed by atoms with E-state index in [2.05, 4.69) is 151 Å². The number of aryl methyl sites for hydroxylation is 1. The monoisotopic (exact) mass is 662 g/mol. The summed E-state index contributed by atoms with van der Waals surface area (Å²) in [7, 11) is 2.36. The third-order valence-corrected chi connectivity index (χ3v) is 10.5. The van der Waals surface area contributed by atoms with E-state index in [1.165, 1.54) is 49.5 Å². The minimum atomic E-state index is 0.0268. The summed E-state index contributed by atoms with van der Waals surface area (Å²) in [5.41, 5.74) is 17.0. The lowest BCUT2D eigenvalue weighted by Gasteiger charge is -2.24. The molecule has 8 aromatic rings. The quantitative estimate of drug-likeness (QED) is 0.191. The third kappa shape index (κ3) is 5.17. The minimum Gasteiger partial charge on any atom is -0.436 e. The number of hydrogen-bond acceptors (Lipinski definition) is 3. The Morgan fingerprint density at radius 2 is 1.41 bits per heavy atom. The first-order valence-corrected chi connectivity index (χ1v) is 17.9. The summed E-state index contributed by atoms with van der Waals surface area (Å²) in [6.45, 7) is 15.9. The van der Waals surface area contributed by atoms with Gasteiger partial charge in [0.05, 0.1) is 5.52 Å². The molecular weight excluding hydrogens is 621 g/mol. The van der Waals surface area contributed by atoms with Crippen LogP contribution in [0.3, 0.4) is 0 Å². The summed E-state index contributed by atoms with van der Waals surface area (Å²) >= 11 is 0. The summed E-state index contributed by atoms with van der Waals surface area (Å²) in [5.74, 6) is 0.634. The van der Waals surface area contributed by atoms with Gasteiger partial charge in [0.25, 0.3) is 0 Å². The molecule has 1 radical (unpaired) electrons. The largest absolute Gasteiger partial charge is 0.436 e. The van der Waals surface area contributed by atoms with Crippen LogP contribution in [0.25, 0.3) is 61.2 Å². The first-order chi connectivity index (χ1) is 24.4. The molecule has 9 rings (SSSR count). The molecule has 0 unspecified atom stereocenters. The van der Waals surface area contributed by atoms with E-state index in [4.69, 9.17) is 9.40 Å². The van der Waals surface area contributed by atoms with Crippen molar-refractivity contribution in [2.24, 2.45) is 0 Å². The van der Waals surface area contributed by atoms with Crippen molar-refractivity contribution >= 4 is 62.5 Å². The van der Waals surface area contributed by atoms with Gasteiger partial charge in [-0.25, -0.2) is 4.98 Å². The SMILES string of the molecule is Cc1cc(-c2ccccc2Nc2ccc(C(C)(C)C)cc2)c2c3c1c1cc(C(C)(C)C)ccc1n3-c1cc3oc(-c4ccccc4)nc3cc1[B]2. The van der Waals surface area contributed by atoms with Crippen molar-refractivity contribution in [3.63, 3.8) is 0 Å². The number of nitrogens with one attached hydrogen (secondary N) is 1. The van der Waals surface area contributed by atoms with Gasteiger partial charge in [0.2, 0.25) is 5.89 Å². The van der Waals surface area contributed by atoms with E-state index < -0.39 is 0 Å². The second kappa shape index (κ2) is 11.2. The van der Waals surface area contributed by atoms with E-state index in [9.17, 15) is 0 Å². The predicted octanol–water partition coefficient (Wildman–Crippen LogP) is 10.9. The van der Waals surface area contributed by atoms with E-state index in [-0.39, 0.29) is 10.8 Å². The van der Waals surface area contributed by atoms with Crippen molar-refractivity contribution in [3.05, 3.63) is 132 Å². The van der Waals surface area contributed by atoms with Gasteiger partial charge in [-0.05, 0) is 94.0 Å². The number of hydrogen-bond donors (Lipinski definition) is 1. The Hall–Kier alpha value is -5.55. The Morgan fingerprint density at radius 3 is 2.16 bits per heavy atom. The highest BCUT2D eigenvalue weighted by atomic mass is 16.3. The molecule has 51 heavy (non-hydrogen) atoms. The van der Waals surface area contributed by atoms with Crippen LogP contribution in [0.5, 0.6) is 0 Å². The summed E-state index contributed by atoms with van der Waals surface area (Å²) < 4.78 is 8.89. The minimum absolute atomic E-state index is 0.0268. The molecule has 0 fully saturated rings. The van der Waals surface area contributed by atoms with Crippen LogP contribution in [0, 0.1) is 6.92 Å². The zero-order valence-corrected chi connectivity index (χ0v) is 30.3. The summed E-state index contributed by atoms with van der Waals surface area (Å²) in [6, 6.07) is 41.4. The van der Waals surface area contributed by atoms with Gasteiger partial charge in [-0.2, -0.15) is 0 Å². The van der Waals surface area contributed by atoms with Crippen LogP contribution in [-0.4, -0.2) is 16.8 Å². The third-order valence-electron chi connectivity index (χ3n) is 10.5. The van der Waals surface area contributed by atoms with Crippen molar-refractivity contribution < 1.29 is 4.42 Å². The molecule has 0 atom stereocenters. The summed E-state index contributed by atoms with van der Waals surface area (Å²) in [5, 5.41) is 6.34. The van der Waals surface area contributed by atoms with Crippen molar-refractivity contribution in [3.8, 4) is 28.3 Å². The van der Waals surface area contributed by atoms with Gasteiger partial charge in [-0.15, -0.1) is 0 Å². The highest BCUT2D eigenvalue weighted by Crippen LogP contribution is 2.41. The van der Waals surface area contributed by atoms with Crippen LogP contribution in [0.2, 0.25) is 0 Å². The van der Waals surface area contributed by atoms with Crippen molar-refractivity contribution in [2.45, 2.75) is 59.3 Å². The highest BCUT2D eigenvalue weighted by Gasteiger charge is 2.29. The average Bonchev–Trinajstić information content (AvgIpc) is 3.69. The normalized spacial score (nSPS) is 12.8. The molecule has 0 aliphatic carbocycles. The second-order valence-corrected chi connectivity index (χ2v) is 16.1. The zero-order valence-electron chi connectivity index (χ0n) is 30.3. The lowest BCUT2D eigenvalue weighted by Crippen LogP contribution is -2.37. The topological polar surface area (TPSA) is 43.0 Å². The van der Waals surface area contributed by atoms with Gasteiger partial charge >= 0.3 is 0 Å². The molecule has 0 saturated carbocycles. The molecule has 249 valence electrons. The highest BCUT2D eigenvalue weighted by molar-refractivity contribution is 6.73. The fourth-order valence-corrected chi connectivity index (χ4v) is 7.71. The van der Waals surface area contributed by atoms with Gasteiger partial charge in [0.1, 0.15) is 5.52 Å². The van der Waals surface area contributed by atoms with Crippen molar-refractivity contribution in [1.29, 1.82) is 0 Å². The van der Waals surface area contributed by atoms with Gasteiger partial charge in [-0.1, -0.05) is 108 Å². The standard InChI is InChI=1S/C46H41BN3O/c1-27-23-33(32-15-11-12-16-36(32)48-31-20-17-29(18-21-31)45(2,3)4)42-43-41(27)34-24-30(46(5,6)7)19-22-38(34)50(43)39-26-40-37(25-35(39)47-42)49-44(51-40)28-13-9-8-10-14-28/h8-26,48H,1-7H3. The maximum absolute atomic E-state index is 6.42. The number of rotatable bonds is 4. The second-order valence-electron chi connectivity index (χ2n) is 16.1. The molecular formula is C46H41BN3O. The Morgan fingerprint density at radius 1 is 0.706 bits per heavy atom. The number of oxazole rings is 1. The van der Waals surface area contributed by atoms with Gasteiger partial charge in [-0.3, -0.25) is 0 Å². The predicted molar refractivity (Wildman–Crippen MR) is 216 cm³/mol. The average molecular weight is 663 g/mol. The Labute approximate surface area is 300 Å². The number of para-hydroxylation sites is 1. The summed E-state index contributed by atoms with van der Waals surface area (Å²) in [6.07, 6.45) is 0. The van der Waals surface area contributed by atoms with Crippen LogP contribution >= 0.6 is 0 Å². The molecule has 0 bridgehead atoms. The van der Waals surface area contributed by atoms with E-state index >= 15 is 0 Å². The maximum atomic E-state index is 6.42. The Bertz CT molecular complexity index is 2650. The fraction of sp³-hybridized carbons (Fsp3) is 0.196. The van der Waals surface area contributed by atoms with Gasteiger partial charge in [0.15, 0.2) is 12.9 Å². The molecule has 5 heteroatoms. The molecule has 6 aromatic carbocycles. The molecule has 0 saturated heterocycles. The molecule has 4 nitrogen and oxygen atoms in total. The number of nitrogens with zero attached hydrogens (tertiary/aromatic N) is 2. The Kier molecular flexibility index (Phi) is 6.92. The number of benzene rings is 6. The molecule has 0 spiro atoms. The van der Waals surface area contributed by atoms with E-state index in [0.29, 0.717) is 5.89 Å². The van der Waals surface area contributed by atoms with Crippen LogP contribution < -0.4 is 16.2 Å². The lowest BCUT2D eigenvalue weighted by atomic mass is 9.58. The molecule has 0 amide bonds. The smallest absolute Gasteiger partial charge is 0.227 e. The van der Waals surface area contributed by atoms with Crippen LogP contribution in [-0.2, 0) is 10.8 Å². The number of aromatic nitrogens is 2. The molecule has 1 aliphatic rings. The fourth-order valence-electron chi connectivity index (χ4n) is 7.71. The lowest BCUT2D eigenvalue weighted by molar-refractivity contribution is 0.590. The molecule has 1 aliphatic heterocycles. The number of fused-ring (bicyclic) bond motifs is 6. The van der Waals surface area contributed by atoms with Crippen LogP contribution in [0.15, 0.2) is 120 Å². The number of anilines is 2. The van der Waals surface area contributed by atoms with Crippen molar-refractivity contribution in [1.82, 2.24) is 9.55 Å².